The number of carbonyl (C=O) groups excluding carboxylic acids is 10. The molecule has 6 amide bonds. The number of carboxylic acids is 1. The average Bonchev–Trinajstić information content (AvgIpc) is 2.54. The number of ether oxygens (including phenoxy) is 1. The molecule has 0 spiro atoms. The van der Waals surface area contributed by atoms with Gasteiger partial charge in [-0.15, -0.1) is 11.3 Å². The number of benzene rings is 1. The number of nitrogens with two attached hydrogens (primary N) is 1. The molecule has 0 aliphatic carbocycles. The summed E-state index contributed by atoms with van der Waals surface area (Å²) in [4.78, 5) is 154. The monoisotopic (exact) mass is 1220 g/mol. The predicted octanol–water partition coefficient (Wildman–Crippen LogP) is 8.32. The molecular weight excluding hydrogens is 1120 g/mol. The first-order valence-corrected chi connectivity index (χ1v) is 32.1. The summed E-state index contributed by atoms with van der Waals surface area (Å²) < 4.78 is 5.93. The van der Waals surface area contributed by atoms with Gasteiger partial charge in [0.05, 0.1) is 18.0 Å². The molecule has 20 nitrogen and oxygen atoms in total. The topological polar surface area (TPSA) is 290 Å². The number of unbranched alkanes of at least 4 members (excludes halogenated alkanes) is 3. The van der Waals surface area contributed by atoms with Crippen LogP contribution >= 0.6 is 11.3 Å². The molecule has 1 fully saturated rings. The summed E-state index contributed by atoms with van der Waals surface area (Å²) in [6.07, 6.45) is 9.28. The highest BCUT2D eigenvalue weighted by molar-refractivity contribution is 7.09. The SMILES string of the molecule is CCCN(C(=O)[C@@H](CC(=O)[C@H]1CCCCN1C)[C@@H](C)CC)[C@H](C[C@@H](OC(C)=O)c1nc(C(=O)N[C@@H](Cc2ccc(CC(=O)C(CCCCC(N)=O)NC(=O)[C@@H](CC(=O)CCCCCN3C(=O)C=CC3=O)C(C)C)cc2)C[C@H](C)C(=O)O)cs1)C(C)C. The maximum Gasteiger partial charge on any atom is 0.306 e. The molecule has 0 saturated carbocycles. The van der Waals surface area contributed by atoms with Crippen LogP contribution in [0.3, 0.4) is 0 Å². The van der Waals surface area contributed by atoms with E-state index < -0.39 is 71.6 Å². The van der Waals surface area contributed by atoms with Crippen LogP contribution in [0, 0.1) is 35.5 Å². The minimum absolute atomic E-state index is 0.0279. The summed E-state index contributed by atoms with van der Waals surface area (Å²) in [5, 5.41) is 17.8. The van der Waals surface area contributed by atoms with Gasteiger partial charge in [0.15, 0.2) is 17.7 Å². The van der Waals surface area contributed by atoms with Gasteiger partial charge in [0.2, 0.25) is 17.7 Å². The zero-order valence-electron chi connectivity index (χ0n) is 52.6. The number of rotatable bonds is 40. The van der Waals surface area contributed by atoms with Gasteiger partial charge in [0.25, 0.3) is 17.7 Å². The minimum Gasteiger partial charge on any atom is -0.481 e. The van der Waals surface area contributed by atoms with E-state index >= 15 is 0 Å². The molecule has 1 saturated heterocycles. The molecule has 21 heteroatoms. The third-order valence-corrected chi connectivity index (χ3v) is 17.8. The van der Waals surface area contributed by atoms with E-state index in [1.165, 1.54) is 19.1 Å². The van der Waals surface area contributed by atoms with Gasteiger partial charge < -0.3 is 31.1 Å². The normalized spacial score (nSPS) is 17.3. The second-order valence-electron chi connectivity index (χ2n) is 24.6. The van der Waals surface area contributed by atoms with E-state index in [1.807, 2.05) is 60.4 Å². The summed E-state index contributed by atoms with van der Waals surface area (Å²) in [7, 11) is 1.97. The third kappa shape index (κ3) is 23.0. The summed E-state index contributed by atoms with van der Waals surface area (Å²) in [6, 6.07) is 4.84. The average molecular weight is 1220 g/mol. The van der Waals surface area contributed by atoms with E-state index in [9.17, 15) is 57.8 Å². The summed E-state index contributed by atoms with van der Waals surface area (Å²) >= 11 is 1.14. The van der Waals surface area contributed by atoms with Gasteiger partial charge >= 0.3 is 11.9 Å². The number of aromatic nitrogens is 1. The Labute approximate surface area is 512 Å². The van der Waals surface area contributed by atoms with Crippen molar-refractivity contribution in [1.82, 2.24) is 30.3 Å². The van der Waals surface area contributed by atoms with Crippen molar-refractivity contribution >= 4 is 76.1 Å². The molecule has 0 bridgehead atoms. The van der Waals surface area contributed by atoms with Gasteiger partial charge in [0.1, 0.15) is 16.5 Å². The largest absolute Gasteiger partial charge is 0.481 e. The van der Waals surface area contributed by atoms with Crippen LogP contribution in [-0.4, -0.2) is 140 Å². The maximum absolute atomic E-state index is 14.9. The van der Waals surface area contributed by atoms with E-state index in [4.69, 9.17) is 10.5 Å². The highest BCUT2D eigenvalue weighted by atomic mass is 32.1. The number of esters is 1. The van der Waals surface area contributed by atoms with Crippen LogP contribution in [-0.2, 0) is 65.5 Å². The standard InChI is InChI=1S/C65H97N7O13S/c1-11-30-71(64(82)50(42(7)12-2)37-56(76)53-22-17-19-31-70(53)10)54(41(5)6)38-57(85-44(9)73)63-69-52(39-86-63)62(81)67-47(33-43(8)65(83)84)34-45-24-26-46(27-25-45)35-55(75)51(21-15-16-23-58(66)77)68-61(80)49(40(3)4)36-48(74)20-14-13-18-32-72-59(78)28-29-60(72)79/h24-29,39-43,47,49-51,53-54,57H,11-23,30-38H2,1-10H3,(H2,66,77)(H,67,81)(H,68,80)(H,83,84)/t42-,43-,47+,49-,50-,51?,53+,54+,57+/m0/s1. The Balaban J connectivity index is 1.47. The van der Waals surface area contributed by atoms with Crippen LogP contribution < -0.4 is 16.4 Å². The lowest BCUT2D eigenvalue weighted by atomic mass is 9.82. The van der Waals surface area contributed by atoms with Gasteiger partial charge in [-0.05, 0) is 100 Å². The Hall–Kier alpha value is -6.48. The Bertz CT molecular complexity index is 2650. The van der Waals surface area contributed by atoms with Crippen LogP contribution in [0.1, 0.15) is 204 Å². The first-order chi connectivity index (χ1) is 40.7. The quantitative estimate of drug-likeness (QED) is 0.0277. The molecule has 0 radical (unpaired) electrons. The van der Waals surface area contributed by atoms with Crippen LogP contribution in [0.2, 0.25) is 0 Å². The fraction of sp³-hybridized carbons (Fsp3) is 0.662. The molecule has 3 heterocycles. The maximum atomic E-state index is 14.9. The number of hydrogen-bond donors (Lipinski definition) is 4. The second-order valence-corrected chi connectivity index (χ2v) is 25.4. The molecule has 9 atom stereocenters. The number of likely N-dealkylation sites (tertiary alicyclic amines) is 1. The van der Waals surface area contributed by atoms with Crippen molar-refractivity contribution in [3.63, 3.8) is 0 Å². The number of Topliss-reactive ketones (excluding diaryl/α,β-unsaturated/α-hetero) is 3. The number of carbonyl (C=O) groups is 11. The van der Waals surface area contributed by atoms with Crippen molar-refractivity contribution in [2.75, 3.05) is 26.7 Å². The van der Waals surface area contributed by atoms with Crippen molar-refractivity contribution in [3.8, 4) is 0 Å². The van der Waals surface area contributed by atoms with Crippen LogP contribution in [0.25, 0.3) is 0 Å². The van der Waals surface area contributed by atoms with Gasteiger partial charge in [-0.1, -0.05) is 105 Å². The number of piperidine rings is 1. The number of imide groups is 1. The number of nitrogens with zero attached hydrogens (tertiary/aromatic N) is 4. The van der Waals surface area contributed by atoms with Crippen molar-refractivity contribution < 1.29 is 62.6 Å². The van der Waals surface area contributed by atoms with Crippen molar-refractivity contribution in [1.29, 1.82) is 0 Å². The molecular formula is C65H97N7O13S. The third-order valence-electron chi connectivity index (χ3n) is 16.9. The molecule has 1 aromatic carbocycles. The smallest absolute Gasteiger partial charge is 0.306 e. The van der Waals surface area contributed by atoms with Gasteiger partial charge in [-0.2, -0.15) is 0 Å². The summed E-state index contributed by atoms with van der Waals surface area (Å²) in [6.45, 7) is 18.1. The van der Waals surface area contributed by atoms with E-state index in [0.29, 0.717) is 62.1 Å². The molecule has 2 aliphatic heterocycles. The zero-order chi connectivity index (χ0) is 63.8. The van der Waals surface area contributed by atoms with E-state index in [2.05, 4.69) is 20.5 Å². The van der Waals surface area contributed by atoms with Crippen LogP contribution in [0.5, 0.6) is 0 Å². The lowest BCUT2D eigenvalue weighted by molar-refractivity contribution is -0.150. The zero-order valence-corrected chi connectivity index (χ0v) is 53.4. The molecule has 5 N–H and O–H groups in total. The first kappa shape index (κ1) is 72.0. The van der Waals surface area contributed by atoms with E-state index in [0.717, 1.165) is 47.6 Å². The number of ketones is 3. The van der Waals surface area contributed by atoms with Gasteiger partial charge in [-0.3, -0.25) is 62.5 Å². The fourth-order valence-corrected chi connectivity index (χ4v) is 12.3. The molecule has 2 aromatic rings. The Morgan fingerprint density at radius 3 is 2.08 bits per heavy atom. The molecule has 4 rings (SSSR count). The lowest BCUT2D eigenvalue weighted by Gasteiger charge is -2.39. The highest BCUT2D eigenvalue weighted by Gasteiger charge is 2.39. The number of likely N-dealkylation sites (N-methyl/N-ethyl adjacent to an activating group) is 1. The summed E-state index contributed by atoms with van der Waals surface area (Å²) in [5.41, 5.74) is 6.79. The fourth-order valence-electron chi connectivity index (χ4n) is 11.5. The first-order valence-electron chi connectivity index (χ1n) is 31.2. The number of nitrogens with one attached hydrogen (secondary N) is 2. The van der Waals surface area contributed by atoms with Crippen molar-refractivity contribution in [2.24, 2.45) is 41.2 Å². The number of amides is 6. The van der Waals surface area contributed by atoms with Gasteiger partial charge in [-0.25, -0.2) is 4.98 Å². The highest BCUT2D eigenvalue weighted by Crippen LogP contribution is 2.34. The van der Waals surface area contributed by atoms with Crippen molar-refractivity contribution in [2.45, 2.75) is 215 Å². The van der Waals surface area contributed by atoms with E-state index in [-0.39, 0.29) is 129 Å². The molecule has 2 aliphatic rings. The molecule has 86 heavy (non-hydrogen) atoms. The number of thiazole rings is 1. The minimum atomic E-state index is -1.05. The van der Waals surface area contributed by atoms with Crippen LogP contribution in [0.15, 0.2) is 41.8 Å². The Morgan fingerprint density at radius 1 is 0.826 bits per heavy atom. The number of hydrogen-bond acceptors (Lipinski definition) is 15. The Morgan fingerprint density at radius 2 is 1.49 bits per heavy atom. The molecule has 1 unspecified atom stereocenters. The van der Waals surface area contributed by atoms with Gasteiger partial charge in [0, 0.05) is 100.0 Å². The van der Waals surface area contributed by atoms with Crippen molar-refractivity contribution in [3.05, 3.63) is 63.6 Å². The molecule has 476 valence electrons. The number of aliphatic carboxylic acids is 1. The number of carboxylic acid groups (broad SMARTS) is 1. The molecule has 1 aromatic heterocycles. The lowest BCUT2D eigenvalue weighted by Crippen LogP contribution is -2.50. The predicted molar refractivity (Wildman–Crippen MR) is 328 cm³/mol. The van der Waals surface area contributed by atoms with Crippen LogP contribution in [0.4, 0.5) is 0 Å². The number of primary amides is 1. The van der Waals surface area contributed by atoms with E-state index in [1.54, 1.807) is 36.6 Å². The summed E-state index contributed by atoms with van der Waals surface area (Å²) in [5.74, 6) is -6.71. The second kappa shape index (κ2) is 36.0. The Kier molecular flexibility index (Phi) is 30.1.